The predicted molar refractivity (Wildman–Crippen MR) is 154 cm³/mol. The molecule has 2 aromatic heterocycles. The van der Waals surface area contributed by atoms with Crippen LogP contribution in [0.3, 0.4) is 0 Å². The summed E-state index contributed by atoms with van der Waals surface area (Å²) in [5.41, 5.74) is 4.51. The molecule has 0 aliphatic carbocycles. The Kier molecular flexibility index (Phi) is 7.47. The molecule has 38 heavy (non-hydrogen) atoms. The highest BCUT2D eigenvalue weighted by Gasteiger charge is 2.17. The zero-order valence-electron chi connectivity index (χ0n) is 21.1. The Bertz CT molecular complexity index is 1550. The number of hydrogen-bond acceptors (Lipinski definition) is 6. The van der Waals surface area contributed by atoms with Crippen molar-refractivity contribution in [1.29, 1.82) is 0 Å². The van der Waals surface area contributed by atoms with Crippen LogP contribution in [0.15, 0.2) is 102 Å². The Morgan fingerprint density at radius 1 is 0.895 bits per heavy atom. The molecule has 0 saturated carbocycles. The molecule has 1 N–H and O–H groups in total. The highest BCUT2D eigenvalue weighted by Crippen LogP contribution is 2.30. The van der Waals surface area contributed by atoms with Crippen LogP contribution in [0.5, 0.6) is 0 Å². The number of hydrogen-bond donors (Lipinski definition) is 1. The minimum absolute atomic E-state index is 0.252. The maximum absolute atomic E-state index is 13.0. The number of thiophene rings is 1. The van der Waals surface area contributed by atoms with Gasteiger partial charge in [-0.05, 0) is 73.8 Å². The molecule has 0 saturated heterocycles. The molecule has 5 aromatic rings. The number of carbonyl (C=O) groups is 2. The van der Waals surface area contributed by atoms with Crippen LogP contribution < -0.4 is 10.2 Å². The lowest BCUT2D eigenvalue weighted by atomic mass is 10.1. The third-order valence-electron chi connectivity index (χ3n) is 6.02. The van der Waals surface area contributed by atoms with Gasteiger partial charge in [-0.15, -0.1) is 11.3 Å². The van der Waals surface area contributed by atoms with Crippen molar-refractivity contribution in [1.82, 2.24) is 4.98 Å². The van der Waals surface area contributed by atoms with Crippen molar-refractivity contribution in [2.24, 2.45) is 0 Å². The summed E-state index contributed by atoms with van der Waals surface area (Å²) in [6.07, 6.45) is 0. The van der Waals surface area contributed by atoms with Gasteiger partial charge in [-0.1, -0.05) is 42.5 Å². The van der Waals surface area contributed by atoms with Crippen molar-refractivity contribution in [3.8, 4) is 10.6 Å². The second kappa shape index (κ2) is 11.3. The van der Waals surface area contributed by atoms with Crippen LogP contribution in [0.4, 0.5) is 17.1 Å². The van der Waals surface area contributed by atoms with Gasteiger partial charge in [-0.2, -0.15) is 0 Å². The summed E-state index contributed by atoms with van der Waals surface area (Å²) in [4.78, 5) is 33.5. The van der Waals surface area contributed by atoms with Crippen molar-refractivity contribution in [2.75, 3.05) is 16.8 Å². The number of carbonyl (C=O) groups excluding carboxylic acids is 2. The molecule has 3 aromatic carbocycles. The van der Waals surface area contributed by atoms with E-state index in [4.69, 9.17) is 4.74 Å². The smallest absolute Gasteiger partial charge is 0.339 e. The lowest BCUT2D eigenvalue weighted by Crippen LogP contribution is -2.25. The van der Waals surface area contributed by atoms with Crippen molar-refractivity contribution >= 4 is 51.2 Å². The first-order valence-corrected chi connectivity index (χ1v) is 13.2. The van der Waals surface area contributed by atoms with E-state index in [0.717, 1.165) is 16.3 Å². The number of rotatable bonds is 8. The molecule has 5 rings (SSSR count). The van der Waals surface area contributed by atoms with Crippen LogP contribution in [0.2, 0.25) is 0 Å². The van der Waals surface area contributed by atoms with Crippen LogP contribution in [0, 0.1) is 0 Å². The predicted octanol–water partition coefficient (Wildman–Crippen LogP) is 7.31. The molecule has 190 valence electrons. The summed E-state index contributed by atoms with van der Waals surface area (Å²) in [5.74, 6) is -0.978. The summed E-state index contributed by atoms with van der Waals surface area (Å²) >= 11 is 1.55. The Morgan fingerprint density at radius 3 is 2.32 bits per heavy atom. The summed E-state index contributed by atoms with van der Waals surface area (Å²) in [6, 6.07) is 31.0. The zero-order valence-corrected chi connectivity index (χ0v) is 21.9. The van der Waals surface area contributed by atoms with Crippen molar-refractivity contribution in [2.45, 2.75) is 19.9 Å². The van der Waals surface area contributed by atoms with Crippen molar-refractivity contribution in [3.63, 3.8) is 0 Å². The minimum Gasteiger partial charge on any atom is -0.452 e. The summed E-state index contributed by atoms with van der Waals surface area (Å²) < 4.78 is 5.41. The molecule has 6 nitrogen and oxygen atoms in total. The minimum atomic E-state index is -0.567. The second-order valence-corrected chi connectivity index (χ2v) is 9.97. The molecule has 7 heteroatoms. The summed E-state index contributed by atoms with van der Waals surface area (Å²) in [5, 5.41) is 5.45. The molecule has 0 unspecified atom stereocenters. The molecular weight excluding hydrogens is 494 g/mol. The molecule has 0 radical (unpaired) electrons. The number of benzene rings is 3. The highest BCUT2D eigenvalue weighted by atomic mass is 32.1. The van der Waals surface area contributed by atoms with Crippen molar-refractivity contribution < 1.29 is 14.3 Å². The highest BCUT2D eigenvalue weighted by molar-refractivity contribution is 7.13. The van der Waals surface area contributed by atoms with E-state index in [0.29, 0.717) is 27.8 Å². The van der Waals surface area contributed by atoms with Gasteiger partial charge in [0.25, 0.3) is 5.91 Å². The molecule has 0 spiro atoms. The van der Waals surface area contributed by atoms with E-state index in [-0.39, 0.29) is 6.04 Å². The third kappa shape index (κ3) is 5.58. The Morgan fingerprint density at radius 2 is 1.61 bits per heavy atom. The number of ether oxygens (including phenoxy) is 1. The van der Waals surface area contributed by atoms with E-state index in [1.165, 1.54) is 0 Å². The zero-order chi connectivity index (χ0) is 26.5. The maximum atomic E-state index is 13.0. The molecule has 0 aliphatic rings. The van der Waals surface area contributed by atoms with Gasteiger partial charge in [-0.3, -0.25) is 4.79 Å². The first kappa shape index (κ1) is 25.2. The van der Waals surface area contributed by atoms with Gasteiger partial charge in [0.05, 0.1) is 21.7 Å². The number of para-hydroxylation sites is 2. The molecular formula is C31H27N3O3S. The Labute approximate surface area is 225 Å². The fourth-order valence-corrected chi connectivity index (χ4v) is 5.03. The number of nitrogens with one attached hydrogen (secondary N) is 1. The average molecular weight is 522 g/mol. The quantitative estimate of drug-likeness (QED) is 0.217. The van der Waals surface area contributed by atoms with Gasteiger partial charge in [0.1, 0.15) is 0 Å². The molecule has 0 atom stereocenters. The molecule has 0 fully saturated rings. The van der Waals surface area contributed by atoms with Gasteiger partial charge in [0.15, 0.2) is 6.61 Å². The molecule has 0 aliphatic heterocycles. The largest absolute Gasteiger partial charge is 0.452 e. The van der Waals surface area contributed by atoms with Crippen LogP contribution >= 0.6 is 11.3 Å². The van der Waals surface area contributed by atoms with Crippen LogP contribution in [0.25, 0.3) is 21.5 Å². The van der Waals surface area contributed by atoms with E-state index in [9.17, 15) is 9.59 Å². The lowest BCUT2D eigenvalue weighted by Gasteiger charge is -2.29. The Hall–Kier alpha value is -4.49. The van der Waals surface area contributed by atoms with Gasteiger partial charge in [0, 0.05) is 28.5 Å². The number of pyridine rings is 1. The van der Waals surface area contributed by atoms with Crippen LogP contribution in [-0.4, -0.2) is 29.5 Å². The summed E-state index contributed by atoms with van der Waals surface area (Å²) in [7, 11) is 0. The number of amides is 1. The van der Waals surface area contributed by atoms with E-state index >= 15 is 0 Å². The third-order valence-corrected chi connectivity index (χ3v) is 6.92. The van der Waals surface area contributed by atoms with Crippen molar-refractivity contribution in [3.05, 3.63) is 108 Å². The number of nitrogens with zero attached hydrogens (tertiary/aromatic N) is 2. The topological polar surface area (TPSA) is 71.5 Å². The fourth-order valence-electron chi connectivity index (χ4n) is 4.34. The average Bonchev–Trinajstić information content (AvgIpc) is 3.48. The van der Waals surface area contributed by atoms with Gasteiger partial charge < -0.3 is 15.0 Å². The number of aromatic nitrogens is 1. The van der Waals surface area contributed by atoms with E-state index < -0.39 is 18.5 Å². The molecule has 0 bridgehead atoms. The van der Waals surface area contributed by atoms with E-state index in [2.05, 4.69) is 41.2 Å². The monoisotopic (exact) mass is 521 g/mol. The van der Waals surface area contributed by atoms with E-state index in [1.54, 1.807) is 17.4 Å². The summed E-state index contributed by atoms with van der Waals surface area (Å²) in [6.45, 7) is 3.87. The first-order chi connectivity index (χ1) is 18.5. The maximum Gasteiger partial charge on any atom is 0.339 e. The standard InChI is InChI=1S/C31H27N3O3S/c1-21(2)34(23-9-4-3-5-10-23)24-16-14-22(15-17-24)32-30(35)20-37-31(36)26-19-28(29-13-8-18-38-29)33-27-12-7-6-11-25(26)27/h3-19,21H,20H2,1-2H3,(H,32,35). The SMILES string of the molecule is CC(C)N(c1ccccc1)c1ccc(NC(=O)COC(=O)c2cc(-c3cccs3)nc3ccccc23)cc1. The van der Waals surface area contributed by atoms with Gasteiger partial charge in [0.2, 0.25) is 0 Å². The fraction of sp³-hybridized carbons (Fsp3) is 0.129. The molecule has 1 amide bonds. The molecule has 2 heterocycles. The normalized spacial score (nSPS) is 10.9. The van der Waals surface area contributed by atoms with E-state index in [1.807, 2.05) is 84.2 Å². The first-order valence-electron chi connectivity index (χ1n) is 12.3. The van der Waals surface area contributed by atoms with Gasteiger partial charge >= 0.3 is 5.97 Å². The van der Waals surface area contributed by atoms with Gasteiger partial charge in [-0.25, -0.2) is 9.78 Å². The lowest BCUT2D eigenvalue weighted by molar-refractivity contribution is -0.119. The van der Waals surface area contributed by atoms with Crippen LogP contribution in [-0.2, 0) is 9.53 Å². The number of esters is 1. The van der Waals surface area contributed by atoms with Crippen LogP contribution in [0.1, 0.15) is 24.2 Å². The Balaban J connectivity index is 1.26. The number of anilines is 3. The number of fused-ring (bicyclic) bond motifs is 1. The second-order valence-electron chi connectivity index (χ2n) is 9.02.